The Bertz CT molecular complexity index is 744. The van der Waals surface area contributed by atoms with Crippen LogP contribution >= 0.6 is 0 Å². The molecule has 0 spiro atoms. The summed E-state index contributed by atoms with van der Waals surface area (Å²) in [5, 5.41) is 0. The van der Waals surface area contributed by atoms with E-state index in [2.05, 4.69) is 13.2 Å². The molecule has 0 aromatic carbocycles. The number of esters is 3. The van der Waals surface area contributed by atoms with Crippen LogP contribution in [-0.2, 0) is 28.6 Å². The molecule has 2 aliphatic carbocycles. The van der Waals surface area contributed by atoms with Crippen molar-refractivity contribution < 1.29 is 28.6 Å². The summed E-state index contributed by atoms with van der Waals surface area (Å²) in [7, 11) is 0. The van der Waals surface area contributed by atoms with Gasteiger partial charge >= 0.3 is 17.9 Å². The van der Waals surface area contributed by atoms with E-state index in [9.17, 15) is 14.4 Å². The van der Waals surface area contributed by atoms with E-state index in [1.807, 2.05) is 0 Å². The smallest absolute Gasteiger partial charge is 0.334 e. The van der Waals surface area contributed by atoms with Gasteiger partial charge in [0.2, 0.25) is 0 Å². The average molecular weight is 374 g/mol. The van der Waals surface area contributed by atoms with Crippen LogP contribution in [0.5, 0.6) is 0 Å². The normalized spacial score (nSPS) is 30.0. The van der Waals surface area contributed by atoms with Crippen LogP contribution in [0, 0.1) is 17.8 Å². The third-order valence-corrected chi connectivity index (χ3v) is 5.65. The highest BCUT2D eigenvalue weighted by Crippen LogP contribution is 2.50. The number of hydrogen-bond acceptors (Lipinski definition) is 6. The zero-order chi connectivity index (χ0) is 19.9. The highest BCUT2D eigenvalue weighted by molar-refractivity contribution is 5.91. The second-order valence-corrected chi connectivity index (χ2v) is 7.79. The molecule has 6 nitrogen and oxygen atoms in total. The summed E-state index contributed by atoms with van der Waals surface area (Å²) in [5.74, 6) is -1.56. The Balaban J connectivity index is 1.93. The second-order valence-electron chi connectivity index (χ2n) is 7.79. The first-order valence-electron chi connectivity index (χ1n) is 9.33. The van der Waals surface area contributed by atoms with E-state index in [-0.39, 0.29) is 48.4 Å². The SMILES string of the molecule is C=C1C(=O)OC2C1CCC(COC(=O)C(C)C)=C1CC(OC(C)=O)C(=C)C12. The lowest BCUT2D eigenvalue weighted by Crippen LogP contribution is -2.27. The summed E-state index contributed by atoms with van der Waals surface area (Å²) in [4.78, 5) is 35.4. The molecule has 4 atom stereocenters. The Morgan fingerprint density at radius 3 is 2.63 bits per heavy atom. The van der Waals surface area contributed by atoms with Crippen LogP contribution in [0.2, 0.25) is 0 Å². The maximum Gasteiger partial charge on any atom is 0.334 e. The van der Waals surface area contributed by atoms with Crippen LogP contribution in [-0.4, -0.2) is 36.7 Å². The Kier molecular flexibility index (Phi) is 5.27. The van der Waals surface area contributed by atoms with E-state index >= 15 is 0 Å². The van der Waals surface area contributed by atoms with Gasteiger partial charge in [-0.3, -0.25) is 9.59 Å². The van der Waals surface area contributed by atoms with Gasteiger partial charge in [0.05, 0.1) is 5.92 Å². The van der Waals surface area contributed by atoms with Gasteiger partial charge in [0.25, 0.3) is 0 Å². The van der Waals surface area contributed by atoms with Gasteiger partial charge in [-0.05, 0) is 24.0 Å². The molecule has 3 rings (SSSR count). The van der Waals surface area contributed by atoms with Crippen molar-refractivity contribution >= 4 is 17.9 Å². The van der Waals surface area contributed by atoms with E-state index in [0.717, 1.165) is 16.7 Å². The van der Waals surface area contributed by atoms with Gasteiger partial charge in [-0.2, -0.15) is 0 Å². The zero-order valence-corrected chi connectivity index (χ0v) is 16.1. The molecule has 3 aliphatic rings. The zero-order valence-electron chi connectivity index (χ0n) is 16.1. The van der Waals surface area contributed by atoms with Gasteiger partial charge in [-0.1, -0.05) is 32.6 Å². The highest BCUT2D eigenvalue weighted by Gasteiger charge is 2.51. The monoisotopic (exact) mass is 374 g/mol. The molecular weight excluding hydrogens is 348 g/mol. The molecule has 0 aromatic rings. The quantitative estimate of drug-likeness (QED) is 0.326. The molecule has 1 saturated heterocycles. The van der Waals surface area contributed by atoms with Crippen LogP contribution in [0.1, 0.15) is 40.0 Å². The van der Waals surface area contributed by atoms with Crippen LogP contribution in [0.25, 0.3) is 0 Å². The largest absolute Gasteiger partial charge is 0.461 e. The van der Waals surface area contributed by atoms with Crippen molar-refractivity contribution in [1.82, 2.24) is 0 Å². The first-order chi connectivity index (χ1) is 12.7. The van der Waals surface area contributed by atoms with Crippen LogP contribution in [0.4, 0.5) is 0 Å². The fourth-order valence-corrected chi connectivity index (χ4v) is 4.22. The predicted octanol–water partition coefficient (Wildman–Crippen LogP) is 2.88. The standard InChI is InChI=1S/C21H26O6/c1-10(2)20(23)25-9-14-6-7-15-11(3)21(24)27-19(15)18-12(4)17(8-16(14)18)26-13(5)22/h10,15,17-19H,3-4,6-9H2,1-2,5H3. The summed E-state index contributed by atoms with van der Waals surface area (Å²) < 4.78 is 16.5. The Labute approximate surface area is 159 Å². The summed E-state index contributed by atoms with van der Waals surface area (Å²) in [5.41, 5.74) is 3.22. The molecule has 1 aliphatic heterocycles. The molecule has 27 heavy (non-hydrogen) atoms. The van der Waals surface area contributed by atoms with E-state index in [1.165, 1.54) is 6.92 Å². The van der Waals surface area contributed by atoms with E-state index in [0.29, 0.717) is 24.8 Å². The van der Waals surface area contributed by atoms with E-state index in [1.54, 1.807) is 13.8 Å². The number of carbonyl (C=O) groups is 3. The fourth-order valence-electron chi connectivity index (χ4n) is 4.22. The number of hydrogen-bond donors (Lipinski definition) is 0. The van der Waals surface area contributed by atoms with Gasteiger partial charge in [0, 0.05) is 30.8 Å². The average Bonchev–Trinajstić information content (AvgIpc) is 2.99. The summed E-state index contributed by atoms with van der Waals surface area (Å²) >= 11 is 0. The van der Waals surface area contributed by atoms with E-state index in [4.69, 9.17) is 14.2 Å². The number of fused-ring (bicyclic) bond motifs is 3. The van der Waals surface area contributed by atoms with E-state index < -0.39 is 6.10 Å². The topological polar surface area (TPSA) is 78.9 Å². The van der Waals surface area contributed by atoms with Gasteiger partial charge in [0.1, 0.15) is 18.8 Å². The molecule has 146 valence electrons. The lowest BCUT2D eigenvalue weighted by atomic mass is 9.84. The van der Waals surface area contributed by atoms with Crippen LogP contribution in [0.3, 0.4) is 0 Å². The van der Waals surface area contributed by atoms with Crippen molar-refractivity contribution in [3.05, 3.63) is 35.5 Å². The minimum absolute atomic E-state index is 0.108. The van der Waals surface area contributed by atoms with Gasteiger partial charge in [-0.25, -0.2) is 4.79 Å². The molecule has 1 saturated carbocycles. The molecule has 1 heterocycles. The molecular formula is C21H26O6. The van der Waals surface area contributed by atoms with Crippen LogP contribution in [0.15, 0.2) is 35.5 Å². The molecule has 0 amide bonds. The van der Waals surface area contributed by atoms with Gasteiger partial charge in [-0.15, -0.1) is 0 Å². The van der Waals surface area contributed by atoms with Crippen LogP contribution < -0.4 is 0 Å². The third-order valence-electron chi connectivity index (χ3n) is 5.65. The predicted molar refractivity (Wildman–Crippen MR) is 97.4 cm³/mol. The van der Waals surface area contributed by atoms with Gasteiger partial charge < -0.3 is 14.2 Å². The highest BCUT2D eigenvalue weighted by atomic mass is 16.6. The Morgan fingerprint density at radius 2 is 2.00 bits per heavy atom. The first-order valence-corrected chi connectivity index (χ1v) is 9.33. The summed E-state index contributed by atoms with van der Waals surface area (Å²) in [6.07, 6.45) is 1.03. The maximum absolute atomic E-state index is 12.1. The fraction of sp³-hybridized carbons (Fsp3) is 0.571. The molecule has 0 N–H and O–H groups in total. The van der Waals surface area contributed by atoms with Gasteiger partial charge in [0.15, 0.2) is 0 Å². The molecule has 4 unspecified atom stereocenters. The molecule has 6 heteroatoms. The Hall–Kier alpha value is -2.37. The number of rotatable bonds is 4. The summed E-state index contributed by atoms with van der Waals surface area (Å²) in [6, 6.07) is 0. The molecule has 0 bridgehead atoms. The molecule has 0 aromatic heterocycles. The van der Waals surface area contributed by atoms with Crippen molar-refractivity contribution in [1.29, 1.82) is 0 Å². The second kappa shape index (κ2) is 7.33. The first kappa shape index (κ1) is 19.4. The third kappa shape index (κ3) is 3.57. The molecule has 0 radical (unpaired) electrons. The van der Waals surface area contributed by atoms with Crippen molar-refractivity contribution in [3.8, 4) is 0 Å². The van der Waals surface area contributed by atoms with Crippen molar-refractivity contribution in [2.45, 2.75) is 52.2 Å². The van der Waals surface area contributed by atoms with Crippen molar-refractivity contribution in [3.63, 3.8) is 0 Å². The van der Waals surface area contributed by atoms with Crippen molar-refractivity contribution in [2.75, 3.05) is 6.61 Å². The lowest BCUT2D eigenvalue weighted by molar-refractivity contribution is -0.146. The molecule has 2 fully saturated rings. The maximum atomic E-state index is 12.1. The number of ether oxygens (including phenoxy) is 3. The minimum atomic E-state index is -0.454. The van der Waals surface area contributed by atoms with Crippen molar-refractivity contribution in [2.24, 2.45) is 17.8 Å². The minimum Gasteiger partial charge on any atom is -0.461 e. The summed E-state index contributed by atoms with van der Waals surface area (Å²) in [6.45, 7) is 13.2. The number of carbonyl (C=O) groups excluding carboxylic acids is 3. The lowest BCUT2D eigenvalue weighted by Gasteiger charge is -2.24. The Morgan fingerprint density at radius 1 is 1.30 bits per heavy atom.